The molecule has 1 atom stereocenters. The normalized spacial score (nSPS) is 14.7. The second-order valence-electron chi connectivity index (χ2n) is 9.96. The third kappa shape index (κ3) is 8.14. The summed E-state index contributed by atoms with van der Waals surface area (Å²) in [5, 5.41) is 12.2. The lowest BCUT2D eigenvalue weighted by Crippen LogP contribution is -2.55. The number of carbonyl (C=O) groups excluding carboxylic acids is 1. The maximum Gasteiger partial charge on any atom is 0.322 e. The minimum Gasteiger partial charge on any atom is -0.480 e. The Hall–Kier alpha value is -4.24. The van der Waals surface area contributed by atoms with Crippen LogP contribution in [0.4, 0.5) is 5.69 Å². The zero-order valence-corrected chi connectivity index (χ0v) is 23.8. The molecule has 11 heteroatoms. The second-order valence-corrected chi connectivity index (χ2v) is 11.7. The van der Waals surface area contributed by atoms with E-state index in [0.29, 0.717) is 30.9 Å². The van der Waals surface area contributed by atoms with Crippen LogP contribution < -0.4 is 14.9 Å². The maximum atomic E-state index is 12.7. The minimum absolute atomic E-state index is 0.241. The summed E-state index contributed by atoms with van der Waals surface area (Å²) in [5.41, 5.74) is 3.69. The van der Waals surface area contributed by atoms with Gasteiger partial charge in [0.25, 0.3) is 16.1 Å². The number of hydrogen-bond donors (Lipinski definition) is 3. The SMILES string of the molecule is CC(C)[C@@H](NS(=O)(=O)N1CCN(c2ccc(C#Cc3ccnc(C(=O)NCc4ccccc4)c3)cc2)CC1)C(=O)O. The zero-order valence-electron chi connectivity index (χ0n) is 22.9. The number of hydrogen-bond acceptors (Lipinski definition) is 6. The molecule has 0 saturated carbocycles. The van der Waals surface area contributed by atoms with Gasteiger partial charge in [0.15, 0.2) is 0 Å². The van der Waals surface area contributed by atoms with Crippen molar-refractivity contribution < 1.29 is 23.1 Å². The highest BCUT2D eigenvalue weighted by Gasteiger charge is 2.32. The lowest BCUT2D eigenvalue weighted by Gasteiger charge is -2.36. The van der Waals surface area contributed by atoms with Crippen molar-refractivity contribution in [3.63, 3.8) is 0 Å². The number of carboxylic acids is 1. The van der Waals surface area contributed by atoms with E-state index < -0.39 is 22.2 Å². The molecule has 1 aromatic heterocycles. The van der Waals surface area contributed by atoms with Crippen LogP contribution in [0.25, 0.3) is 0 Å². The van der Waals surface area contributed by atoms with Crippen molar-refractivity contribution >= 4 is 27.8 Å². The van der Waals surface area contributed by atoms with Crippen LogP contribution in [-0.2, 0) is 21.5 Å². The first-order valence-corrected chi connectivity index (χ1v) is 14.7. The Labute approximate surface area is 240 Å². The lowest BCUT2D eigenvalue weighted by atomic mass is 10.1. The van der Waals surface area contributed by atoms with Crippen LogP contribution >= 0.6 is 0 Å². The lowest BCUT2D eigenvalue weighted by molar-refractivity contribution is -0.140. The molecule has 4 rings (SSSR count). The predicted molar refractivity (Wildman–Crippen MR) is 156 cm³/mol. The number of carbonyl (C=O) groups is 2. The van der Waals surface area contributed by atoms with Crippen molar-refractivity contribution in [2.24, 2.45) is 5.92 Å². The quantitative estimate of drug-likeness (QED) is 0.334. The molecule has 2 heterocycles. The third-order valence-corrected chi connectivity index (χ3v) is 8.26. The van der Waals surface area contributed by atoms with E-state index in [4.69, 9.17) is 0 Å². The van der Waals surface area contributed by atoms with Crippen molar-refractivity contribution in [3.05, 3.63) is 95.3 Å². The molecule has 3 N–H and O–H groups in total. The number of amides is 1. The molecular formula is C30H33N5O5S. The van der Waals surface area contributed by atoms with Crippen LogP contribution in [0.1, 0.15) is 41.0 Å². The Morgan fingerprint density at radius 3 is 2.24 bits per heavy atom. The van der Waals surface area contributed by atoms with E-state index in [2.05, 4.69) is 31.8 Å². The van der Waals surface area contributed by atoms with Crippen molar-refractivity contribution in [1.82, 2.24) is 19.3 Å². The maximum absolute atomic E-state index is 12.7. The molecule has 1 aliphatic rings. The predicted octanol–water partition coefficient (Wildman–Crippen LogP) is 2.48. The Morgan fingerprint density at radius 2 is 1.61 bits per heavy atom. The number of rotatable bonds is 9. The number of aromatic nitrogens is 1. The van der Waals surface area contributed by atoms with Gasteiger partial charge in [-0.15, -0.1) is 0 Å². The van der Waals surface area contributed by atoms with Gasteiger partial charge in [-0.2, -0.15) is 17.4 Å². The average Bonchev–Trinajstić information content (AvgIpc) is 2.98. The van der Waals surface area contributed by atoms with Gasteiger partial charge in [-0.05, 0) is 47.9 Å². The highest BCUT2D eigenvalue weighted by Crippen LogP contribution is 2.19. The van der Waals surface area contributed by atoms with Crippen LogP contribution in [0.5, 0.6) is 0 Å². The van der Waals surface area contributed by atoms with Crippen molar-refractivity contribution in [3.8, 4) is 11.8 Å². The fourth-order valence-corrected chi connectivity index (χ4v) is 5.78. The summed E-state index contributed by atoms with van der Waals surface area (Å²) in [6.45, 7) is 5.15. The number of nitrogens with zero attached hydrogens (tertiary/aromatic N) is 3. The first-order valence-electron chi connectivity index (χ1n) is 13.3. The Kier molecular flexibility index (Phi) is 9.73. The van der Waals surface area contributed by atoms with Gasteiger partial charge in [-0.25, -0.2) is 0 Å². The molecule has 0 aliphatic carbocycles. The second kappa shape index (κ2) is 13.4. The van der Waals surface area contributed by atoms with Gasteiger partial charge in [0, 0.05) is 55.7 Å². The van der Waals surface area contributed by atoms with E-state index in [1.807, 2.05) is 54.6 Å². The summed E-state index contributed by atoms with van der Waals surface area (Å²) in [6.07, 6.45) is 1.56. The summed E-state index contributed by atoms with van der Waals surface area (Å²) in [6, 6.07) is 19.5. The Bertz CT molecular complexity index is 1520. The smallest absolute Gasteiger partial charge is 0.322 e. The van der Waals surface area contributed by atoms with E-state index in [-0.39, 0.29) is 24.9 Å². The summed E-state index contributed by atoms with van der Waals surface area (Å²) >= 11 is 0. The molecule has 1 aliphatic heterocycles. The van der Waals surface area contributed by atoms with Gasteiger partial charge in [0.2, 0.25) is 0 Å². The molecule has 2 aromatic carbocycles. The Balaban J connectivity index is 1.32. The highest BCUT2D eigenvalue weighted by atomic mass is 32.2. The van der Waals surface area contributed by atoms with Gasteiger partial charge in [-0.1, -0.05) is 56.0 Å². The van der Waals surface area contributed by atoms with E-state index in [9.17, 15) is 23.1 Å². The van der Waals surface area contributed by atoms with E-state index in [0.717, 1.165) is 16.8 Å². The number of anilines is 1. The summed E-state index contributed by atoms with van der Waals surface area (Å²) in [4.78, 5) is 30.2. The van der Waals surface area contributed by atoms with Gasteiger partial charge < -0.3 is 15.3 Å². The molecule has 1 saturated heterocycles. The summed E-state index contributed by atoms with van der Waals surface area (Å²) in [5.74, 6) is 4.34. The fourth-order valence-electron chi connectivity index (χ4n) is 4.29. The Morgan fingerprint density at radius 1 is 0.951 bits per heavy atom. The average molecular weight is 576 g/mol. The first-order chi connectivity index (χ1) is 19.6. The largest absolute Gasteiger partial charge is 0.480 e. The van der Waals surface area contributed by atoms with Gasteiger partial charge in [0.1, 0.15) is 11.7 Å². The highest BCUT2D eigenvalue weighted by molar-refractivity contribution is 7.87. The van der Waals surface area contributed by atoms with Crippen LogP contribution in [-0.4, -0.2) is 66.9 Å². The van der Waals surface area contributed by atoms with Crippen LogP contribution in [0.15, 0.2) is 72.9 Å². The summed E-state index contributed by atoms with van der Waals surface area (Å²) in [7, 11) is -3.92. The van der Waals surface area contributed by atoms with Gasteiger partial charge in [-0.3, -0.25) is 14.6 Å². The monoisotopic (exact) mass is 575 g/mol. The zero-order chi connectivity index (χ0) is 29.4. The standard InChI is InChI=1S/C30H33N5O5S/c1-22(2)28(30(37)38)33-41(39,40)35-18-16-34(17-19-35)26-12-10-23(11-13-26)8-9-24-14-15-31-27(20-24)29(36)32-21-25-6-4-3-5-7-25/h3-7,10-15,20,22,28,33H,16-19,21H2,1-2H3,(H,32,36)(H,37,38)/t28-/m1/s1. The number of carboxylic acid groups (broad SMARTS) is 1. The van der Waals surface area contributed by atoms with Crippen molar-refractivity contribution in [2.45, 2.75) is 26.4 Å². The van der Waals surface area contributed by atoms with E-state index >= 15 is 0 Å². The van der Waals surface area contributed by atoms with E-state index in [1.165, 1.54) is 4.31 Å². The molecule has 0 spiro atoms. The van der Waals surface area contributed by atoms with Gasteiger partial charge >= 0.3 is 5.97 Å². The molecule has 10 nitrogen and oxygen atoms in total. The minimum atomic E-state index is -3.92. The van der Waals surface area contributed by atoms with Crippen LogP contribution in [0.2, 0.25) is 0 Å². The molecule has 0 bridgehead atoms. The fraction of sp³-hybridized carbons (Fsp3) is 0.300. The number of benzene rings is 2. The van der Waals surface area contributed by atoms with Crippen LogP contribution in [0, 0.1) is 17.8 Å². The molecule has 1 fully saturated rings. The van der Waals surface area contributed by atoms with E-state index in [1.54, 1.807) is 32.2 Å². The molecular weight excluding hydrogens is 542 g/mol. The van der Waals surface area contributed by atoms with Crippen molar-refractivity contribution in [1.29, 1.82) is 0 Å². The first kappa shape index (κ1) is 29.7. The number of aliphatic carboxylic acids is 1. The van der Waals surface area contributed by atoms with Crippen LogP contribution in [0.3, 0.4) is 0 Å². The number of pyridine rings is 1. The third-order valence-electron chi connectivity index (χ3n) is 6.66. The van der Waals surface area contributed by atoms with Gasteiger partial charge in [0.05, 0.1) is 0 Å². The molecule has 41 heavy (non-hydrogen) atoms. The molecule has 1 amide bonds. The van der Waals surface area contributed by atoms with Crippen molar-refractivity contribution in [2.75, 3.05) is 31.1 Å². The number of nitrogens with one attached hydrogen (secondary N) is 2. The molecule has 0 unspecified atom stereocenters. The molecule has 214 valence electrons. The molecule has 3 aromatic rings. The topological polar surface area (TPSA) is 132 Å². The molecule has 0 radical (unpaired) electrons. The summed E-state index contributed by atoms with van der Waals surface area (Å²) < 4.78 is 29.0. The number of piperazine rings is 1.